The molecule has 9 fully saturated rings. The molecule has 10 aliphatic carbocycles. The van der Waals surface area contributed by atoms with Crippen LogP contribution >= 0.6 is 0 Å². The van der Waals surface area contributed by atoms with Gasteiger partial charge in [-0.3, -0.25) is 0 Å². The molecule has 216 valence electrons. The first-order valence-corrected chi connectivity index (χ1v) is 17.4. The Hall–Kier alpha value is -2.98. The molecule has 0 unspecified atom stereocenters. The van der Waals surface area contributed by atoms with Gasteiger partial charge in [-0.05, 0) is 144 Å². The van der Waals surface area contributed by atoms with Crippen LogP contribution in [-0.2, 0) is 0 Å². The van der Waals surface area contributed by atoms with Crippen molar-refractivity contribution in [3.05, 3.63) is 46.5 Å². The lowest BCUT2D eigenvalue weighted by Crippen LogP contribution is -2.70. The van der Waals surface area contributed by atoms with Crippen LogP contribution in [0.2, 0.25) is 0 Å². The van der Waals surface area contributed by atoms with Gasteiger partial charge in [-0.25, -0.2) is 0 Å². The number of methoxy groups -OCH3 is 2. The molecule has 4 nitrogen and oxygen atoms in total. The molecule has 0 saturated heterocycles. The first kappa shape index (κ1) is 23.4. The number of rotatable bonds is 2. The molecular weight excluding hydrogens is 528 g/mol. The second-order valence-electron chi connectivity index (χ2n) is 16.6. The summed E-state index contributed by atoms with van der Waals surface area (Å²) < 4.78 is 12.5. The summed E-state index contributed by atoms with van der Waals surface area (Å²) in [6, 6.07) is 13.4. The maximum Gasteiger partial charge on any atom is 0.130 e. The minimum atomic E-state index is 0.493. The Labute approximate surface area is 253 Å². The van der Waals surface area contributed by atoms with E-state index < -0.39 is 0 Å². The van der Waals surface area contributed by atoms with Gasteiger partial charge in [0.25, 0.3) is 0 Å². The van der Waals surface area contributed by atoms with E-state index in [0.717, 1.165) is 94.3 Å². The summed E-state index contributed by atoms with van der Waals surface area (Å²) in [7, 11) is 3.77. The molecule has 2 aromatic rings. The van der Waals surface area contributed by atoms with Gasteiger partial charge in [0.2, 0.25) is 0 Å². The Morgan fingerprint density at radius 2 is 1.00 bits per heavy atom. The van der Waals surface area contributed by atoms with E-state index in [1.54, 1.807) is 0 Å². The molecule has 8 bridgehead atoms. The smallest absolute Gasteiger partial charge is 0.130 e. The molecule has 0 aliphatic heterocycles. The fraction of sp³-hybridized carbons (Fsp3) is 0.641. The third-order valence-electron chi connectivity index (χ3n) is 16.9. The summed E-state index contributed by atoms with van der Waals surface area (Å²) in [6.45, 7) is 0. The van der Waals surface area contributed by atoms with E-state index in [1.165, 1.54) is 59.6 Å². The van der Waals surface area contributed by atoms with Crippen molar-refractivity contribution in [2.45, 2.75) is 43.9 Å². The van der Waals surface area contributed by atoms with Crippen LogP contribution in [0, 0.1) is 117 Å². The average Bonchev–Trinajstić information content (AvgIpc) is 3.87. The largest absolute Gasteiger partial charge is 0.496 e. The van der Waals surface area contributed by atoms with Crippen molar-refractivity contribution in [2.24, 2.45) is 94.7 Å². The van der Waals surface area contributed by atoms with Gasteiger partial charge in [-0.15, -0.1) is 0 Å². The van der Waals surface area contributed by atoms with Gasteiger partial charge in [-0.2, -0.15) is 10.5 Å². The normalized spacial score (nSPS) is 53.3. The first-order chi connectivity index (χ1) is 21.2. The van der Waals surface area contributed by atoms with E-state index in [0.29, 0.717) is 29.2 Å². The predicted octanol–water partition coefficient (Wildman–Crippen LogP) is 7.31. The second-order valence-corrected chi connectivity index (χ2v) is 16.6. The van der Waals surface area contributed by atoms with E-state index in [1.807, 2.05) is 14.2 Å². The highest BCUT2D eigenvalue weighted by Gasteiger charge is 2.84. The van der Waals surface area contributed by atoms with Crippen molar-refractivity contribution in [3.63, 3.8) is 0 Å². The molecule has 18 atom stereocenters. The molecule has 0 spiro atoms. The van der Waals surface area contributed by atoms with Crippen molar-refractivity contribution in [1.29, 1.82) is 10.5 Å². The fourth-order valence-corrected chi connectivity index (χ4v) is 16.9. The van der Waals surface area contributed by atoms with Gasteiger partial charge in [-0.1, -0.05) is 24.3 Å². The van der Waals surface area contributed by atoms with E-state index in [-0.39, 0.29) is 0 Å². The molecule has 0 N–H and O–H groups in total. The van der Waals surface area contributed by atoms with E-state index >= 15 is 0 Å². The summed E-state index contributed by atoms with van der Waals surface area (Å²) in [5.41, 5.74) is 4.85. The number of benzene rings is 2. The van der Waals surface area contributed by atoms with Gasteiger partial charge in [0.15, 0.2) is 0 Å². The van der Waals surface area contributed by atoms with Crippen molar-refractivity contribution in [2.75, 3.05) is 14.2 Å². The molecule has 2 aromatic carbocycles. The molecule has 43 heavy (non-hydrogen) atoms. The van der Waals surface area contributed by atoms with E-state index in [4.69, 9.17) is 9.47 Å². The molecular formula is C39H38N2O2. The molecule has 0 heterocycles. The lowest BCUT2D eigenvalue weighted by Gasteiger charge is -2.73. The average molecular weight is 567 g/mol. The SMILES string of the molecule is COc1c2c(c(OC)c3ccccc13)[C@@H]1C[C@H]2[C@H]2[C@H]3C[C@H]([C@H]4[C@@H]3[C@@H]3[C@H]5[C@H]6C[C@@H]([C@H]5[C@H]43)[C@H]3[C@@H]6[C@H]4CC[C@@H]3C4=C(C#N)C#N)[C@H]21. The monoisotopic (exact) mass is 566 g/mol. The summed E-state index contributed by atoms with van der Waals surface area (Å²) in [6.07, 6.45) is 6.77. The third-order valence-corrected chi connectivity index (χ3v) is 16.9. The minimum Gasteiger partial charge on any atom is -0.496 e. The van der Waals surface area contributed by atoms with Crippen LogP contribution in [0.25, 0.3) is 10.8 Å². The van der Waals surface area contributed by atoms with E-state index in [9.17, 15) is 10.5 Å². The number of allylic oxidation sites excluding steroid dienone is 2. The molecule has 10 aliphatic rings. The maximum atomic E-state index is 9.81. The van der Waals surface area contributed by atoms with Crippen molar-refractivity contribution < 1.29 is 9.47 Å². The topological polar surface area (TPSA) is 66.0 Å². The Bertz CT molecular complexity index is 1690. The Kier molecular flexibility index (Phi) is 3.96. The Morgan fingerprint density at radius 1 is 0.581 bits per heavy atom. The number of nitrogens with zero attached hydrogens (tertiary/aromatic N) is 2. The highest BCUT2D eigenvalue weighted by Crippen LogP contribution is 2.89. The van der Waals surface area contributed by atoms with Crippen LogP contribution in [0.5, 0.6) is 11.5 Å². The fourth-order valence-electron chi connectivity index (χ4n) is 16.9. The molecule has 0 amide bonds. The van der Waals surface area contributed by atoms with Crippen LogP contribution in [-0.4, -0.2) is 14.2 Å². The zero-order valence-corrected chi connectivity index (χ0v) is 24.9. The Morgan fingerprint density at radius 3 is 1.40 bits per heavy atom. The van der Waals surface area contributed by atoms with Gasteiger partial charge in [0.05, 0.1) is 14.2 Å². The van der Waals surface area contributed by atoms with Crippen LogP contribution < -0.4 is 9.47 Å². The number of nitriles is 2. The predicted molar refractivity (Wildman–Crippen MR) is 160 cm³/mol. The first-order valence-electron chi connectivity index (χ1n) is 17.4. The van der Waals surface area contributed by atoms with Gasteiger partial charge >= 0.3 is 0 Å². The zero-order chi connectivity index (χ0) is 28.2. The van der Waals surface area contributed by atoms with Crippen molar-refractivity contribution in [1.82, 2.24) is 0 Å². The number of ether oxygens (including phenoxy) is 2. The lowest BCUT2D eigenvalue weighted by molar-refractivity contribution is -0.266. The van der Waals surface area contributed by atoms with Crippen LogP contribution in [0.1, 0.15) is 55.1 Å². The second kappa shape index (κ2) is 7.28. The van der Waals surface area contributed by atoms with E-state index in [2.05, 4.69) is 36.4 Å². The quantitative estimate of drug-likeness (QED) is 0.282. The molecule has 0 aromatic heterocycles. The van der Waals surface area contributed by atoms with Gasteiger partial charge in [0.1, 0.15) is 29.2 Å². The molecule has 9 saturated carbocycles. The number of hydrogen-bond acceptors (Lipinski definition) is 4. The number of hydrogen-bond donors (Lipinski definition) is 0. The Balaban J connectivity index is 0.927. The van der Waals surface area contributed by atoms with Crippen LogP contribution in [0.3, 0.4) is 0 Å². The third kappa shape index (κ3) is 2.17. The molecule has 12 rings (SSSR count). The summed E-state index contributed by atoms with van der Waals surface area (Å²) in [5, 5.41) is 22.1. The summed E-state index contributed by atoms with van der Waals surface area (Å²) >= 11 is 0. The highest BCUT2D eigenvalue weighted by atomic mass is 16.5. The van der Waals surface area contributed by atoms with Gasteiger partial charge < -0.3 is 9.47 Å². The van der Waals surface area contributed by atoms with Crippen molar-refractivity contribution in [3.8, 4) is 23.6 Å². The summed E-state index contributed by atoms with van der Waals surface area (Å²) in [4.78, 5) is 0. The minimum absolute atomic E-state index is 0.493. The number of fused-ring (bicyclic) bond motifs is 33. The molecule has 4 heteroatoms. The summed E-state index contributed by atoms with van der Waals surface area (Å²) in [5.74, 6) is 17.4. The molecule has 0 radical (unpaired) electrons. The maximum absolute atomic E-state index is 9.81. The van der Waals surface area contributed by atoms with Crippen LogP contribution in [0.15, 0.2) is 35.4 Å². The van der Waals surface area contributed by atoms with Crippen molar-refractivity contribution >= 4 is 10.8 Å². The lowest BCUT2D eigenvalue weighted by atomic mass is 9.31. The zero-order valence-electron chi connectivity index (χ0n) is 24.9. The van der Waals surface area contributed by atoms with Gasteiger partial charge in [0, 0.05) is 21.9 Å². The highest BCUT2D eigenvalue weighted by molar-refractivity contribution is 5.97. The van der Waals surface area contributed by atoms with Crippen LogP contribution in [0.4, 0.5) is 0 Å². The standard InChI is InChI=1S/C39H38N2O2/c1-42-38-15-5-3-4-6-16(15)39(43-2)35-24-11-23(34(35)38)28-21-10-22(29(24)28)33-32(21)36-30-19-9-20(31(30)37(33)36)27-18-8-7-17(26(19)27)25(18)14(12-40)13-41/h3-6,17-24,26-33,36-37H,7-11H2,1-2H3/t17-,18+,19-,20+,21+,22-,23-,24+,26+,27-,28+,29-,30-,31+,32+,33-,36-,37+.